The number of rotatable bonds is 7. The summed E-state index contributed by atoms with van der Waals surface area (Å²) >= 11 is 0. The van der Waals surface area contributed by atoms with Crippen molar-refractivity contribution in [2.75, 3.05) is 38.5 Å². The van der Waals surface area contributed by atoms with Crippen LogP contribution in [0.5, 0.6) is 0 Å². The maximum absolute atomic E-state index is 11.9. The van der Waals surface area contributed by atoms with Crippen LogP contribution in [0.2, 0.25) is 0 Å². The molecule has 0 radical (unpaired) electrons. The van der Waals surface area contributed by atoms with Crippen molar-refractivity contribution >= 4 is 11.7 Å². The van der Waals surface area contributed by atoms with Gasteiger partial charge in [0.25, 0.3) is 5.91 Å². The minimum Gasteiger partial charge on any atom is -0.370 e. The minimum absolute atomic E-state index is 0.0546. The summed E-state index contributed by atoms with van der Waals surface area (Å²) in [6.07, 6.45) is 1.64. The summed E-state index contributed by atoms with van der Waals surface area (Å²) in [7, 11) is 2.03. The minimum atomic E-state index is -0.0546. The number of hydrogen-bond acceptors (Lipinski definition) is 4. The summed E-state index contributed by atoms with van der Waals surface area (Å²) in [4.78, 5) is 18.2. The van der Waals surface area contributed by atoms with Gasteiger partial charge in [0.05, 0.1) is 0 Å². The highest BCUT2D eigenvalue weighted by atomic mass is 16.1. The molecular weight excluding hydrogens is 228 g/mol. The predicted molar refractivity (Wildman–Crippen MR) is 73.9 cm³/mol. The molecule has 0 aromatic carbocycles. The van der Waals surface area contributed by atoms with E-state index in [4.69, 9.17) is 0 Å². The number of nitrogens with zero attached hydrogens (tertiary/aromatic N) is 2. The molecule has 0 aliphatic rings. The first-order chi connectivity index (χ1) is 8.67. The number of pyridine rings is 1. The van der Waals surface area contributed by atoms with Crippen LogP contribution in [0.3, 0.4) is 0 Å². The molecule has 18 heavy (non-hydrogen) atoms. The van der Waals surface area contributed by atoms with Crippen LogP contribution in [0.4, 0.5) is 5.82 Å². The second-order valence-electron chi connectivity index (χ2n) is 4.11. The van der Waals surface area contributed by atoms with Gasteiger partial charge in [-0.25, -0.2) is 4.98 Å². The van der Waals surface area contributed by atoms with Gasteiger partial charge >= 0.3 is 0 Å². The zero-order valence-corrected chi connectivity index (χ0v) is 11.4. The highest BCUT2D eigenvalue weighted by Crippen LogP contribution is 2.06. The van der Waals surface area contributed by atoms with Crippen molar-refractivity contribution in [2.45, 2.75) is 13.8 Å². The van der Waals surface area contributed by atoms with Gasteiger partial charge < -0.3 is 15.5 Å². The van der Waals surface area contributed by atoms with Crippen LogP contribution in [-0.2, 0) is 0 Å². The number of nitrogens with one attached hydrogen (secondary N) is 2. The van der Waals surface area contributed by atoms with Crippen LogP contribution in [-0.4, -0.2) is 49.0 Å². The summed E-state index contributed by atoms with van der Waals surface area (Å²) in [6, 6.07) is 3.49. The zero-order valence-electron chi connectivity index (χ0n) is 11.4. The Balaban J connectivity index is 2.48. The van der Waals surface area contributed by atoms with Crippen LogP contribution >= 0.6 is 0 Å². The van der Waals surface area contributed by atoms with E-state index in [9.17, 15) is 4.79 Å². The first-order valence-corrected chi connectivity index (χ1v) is 6.34. The van der Waals surface area contributed by atoms with E-state index in [1.807, 2.05) is 14.0 Å². The Morgan fingerprint density at radius 1 is 1.44 bits per heavy atom. The number of aromatic nitrogens is 1. The normalized spacial score (nSPS) is 10.4. The fraction of sp³-hybridized carbons (Fsp3) is 0.538. The number of carbonyl (C=O) groups is 1. The van der Waals surface area contributed by atoms with Gasteiger partial charge in [0, 0.05) is 31.4 Å². The van der Waals surface area contributed by atoms with E-state index < -0.39 is 0 Å². The van der Waals surface area contributed by atoms with Crippen molar-refractivity contribution < 1.29 is 4.79 Å². The van der Waals surface area contributed by atoms with E-state index in [2.05, 4.69) is 27.4 Å². The summed E-state index contributed by atoms with van der Waals surface area (Å²) in [5.74, 6) is 0.678. The van der Waals surface area contributed by atoms with Crippen molar-refractivity contribution in [3.05, 3.63) is 23.9 Å². The Kier molecular flexibility index (Phi) is 6.14. The van der Waals surface area contributed by atoms with Crippen molar-refractivity contribution in [3.8, 4) is 0 Å². The Morgan fingerprint density at radius 3 is 2.89 bits per heavy atom. The Bertz CT molecular complexity index is 381. The van der Waals surface area contributed by atoms with Gasteiger partial charge in [-0.05, 0) is 32.6 Å². The molecule has 0 bridgehead atoms. The van der Waals surface area contributed by atoms with E-state index >= 15 is 0 Å². The van der Waals surface area contributed by atoms with E-state index in [0.29, 0.717) is 12.1 Å². The largest absolute Gasteiger partial charge is 0.370 e. The van der Waals surface area contributed by atoms with Gasteiger partial charge in [0.15, 0.2) is 0 Å². The molecule has 0 unspecified atom stereocenters. The third-order valence-electron chi connectivity index (χ3n) is 2.70. The number of amides is 1. The number of carbonyl (C=O) groups excluding carboxylic acids is 1. The molecule has 5 heteroatoms. The third kappa shape index (κ3) is 4.71. The van der Waals surface area contributed by atoms with E-state index in [0.717, 1.165) is 25.5 Å². The molecule has 1 heterocycles. The molecular formula is C13H22N4O. The molecule has 0 aliphatic carbocycles. The molecule has 1 amide bonds. The lowest BCUT2D eigenvalue weighted by atomic mass is 10.2. The van der Waals surface area contributed by atoms with Gasteiger partial charge in [-0.1, -0.05) is 6.92 Å². The van der Waals surface area contributed by atoms with Gasteiger partial charge in [-0.15, -0.1) is 0 Å². The third-order valence-corrected chi connectivity index (χ3v) is 2.70. The number of hydrogen-bond donors (Lipinski definition) is 2. The number of likely N-dealkylation sites (N-methyl/N-ethyl adjacent to an activating group) is 1. The van der Waals surface area contributed by atoms with Crippen LogP contribution in [0.15, 0.2) is 18.3 Å². The summed E-state index contributed by atoms with van der Waals surface area (Å²) < 4.78 is 0. The average molecular weight is 250 g/mol. The maximum atomic E-state index is 11.9. The van der Waals surface area contributed by atoms with Crippen molar-refractivity contribution in [1.82, 2.24) is 15.2 Å². The van der Waals surface area contributed by atoms with Crippen LogP contribution in [0.25, 0.3) is 0 Å². The van der Waals surface area contributed by atoms with Crippen LogP contribution in [0.1, 0.15) is 24.2 Å². The zero-order chi connectivity index (χ0) is 13.4. The molecule has 5 nitrogen and oxygen atoms in total. The Morgan fingerprint density at radius 2 is 2.22 bits per heavy atom. The SMILES string of the molecule is CCNc1cc(C(=O)NCCN(C)CC)ccn1. The molecule has 2 N–H and O–H groups in total. The molecule has 100 valence electrons. The van der Waals surface area contributed by atoms with Gasteiger partial charge in [-0.3, -0.25) is 4.79 Å². The summed E-state index contributed by atoms with van der Waals surface area (Å²) in [5, 5.41) is 5.98. The highest BCUT2D eigenvalue weighted by molar-refractivity contribution is 5.94. The molecule has 0 saturated carbocycles. The summed E-state index contributed by atoms with van der Waals surface area (Å²) in [6.45, 7) is 7.37. The second-order valence-corrected chi connectivity index (χ2v) is 4.11. The number of anilines is 1. The van der Waals surface area contributed by atoms with Crippen molar-refractivity contribution in [3.63, 3.8) is 0 Å². The lowest BCUT2D eigenvalue weighted by Gasteiger charge is -2.14. The second kappa shape index (κ2) is 7.66. The molecule has 0 saturated heterocycles. The quantitative estimate of drug-likeness (QED) is 0.763. The molecule has 0 spiro atoms. The van der Waals surface area contributed by atoms with Crippen molar-refractivity contribution in [1.29, 1.82) is 0 Å². The molecule has 0 atom stereocenters. The van der Waals surface area contributed by atoms with E-state index in [1.165, 1.54) is 0 Å². The van der Waals surface area contributed by atoms with Crippen molar-refractivity contribution in [2.24, 2.45) is 0 Å². The fourth-order valence-corrected chi connectivity index (χ4v) is 1.47. The van der Waals surface area contributed by atoms with Crippen LogP contribution in [0, 0.1) is 0 Å². The average Bonchev–Trinajstić information content (AvgIpc) is 2.39. The van der Waals surface area contributed by atoms with Gasteiger partial charge in [-0.2, -0.15) is 0 Å². The van der Waals surface area contributed by atoms with E-state index in [-0.39, 0.29) is 5.91 Å². The lowest BCUT2D eigenvalue weighted by molar-refractivity contribution is 0.0950. The fourth-order valence-electron chi connectivity index (χ4n) is 1.47. The highest BCUT2D eigenvalue weighted by Gasteiger charge is 2.06. The Hall–Kier alpha value is -1.62. The maximum Gasteiger partial charge on any atom is 0.251 e. The van der Waals surface area contributed by atoms with E-state index in [1.54, 1.807) is 18.3 Å². The topological polar surface area (TPSA) is 57.3 Å². The molecule has 1 aromatic rings. The smallest absolute Gasteiger partial charge is 0.251 e. The molecule has 0 fully saturated rings. The predicted octanol–water partition coefficient (Wildman–Crippen LogP) is 1.19. The Labute approximate surface area is 109 Å². The first-order valence-electron chi connectivity index (χ1n) is 6.34. The molecule has 1 rings (SSSR count). The molecule has 1 aromatic heterocycles. The standard InChI is InChI=1S/C13H22N4O/c1-4-14-12-10-11(6-7-15-12)13(18)16-8-9-17(3)5-2/h6-7,10H,4-5,8-9H2,1-3H3,(H,14,15)(H,16,18). The van der Waals surface area contributed by atoms with Gasteiger partial charge in [0.2, 0.25) is 0 Å². The van der Waals surface area contributed by atoms with Gasteiger partial charge in [0.1, 0.15) is 5.82 Å². The lowest BCUT2D eigenvalue weighted by Crippen LogP contribution is -2.32. The monoisotopic (exact) mass is 250 g/mol. The summed E-state index contributed by atoms with van der Waals surface area (Å²) in [5.41, 5.74) is 0.639. The van der Waals surface area contributed by atoms with Crippen LogP contribution < -0.4 is 10.6 Å². The first kappa shape index (κ1) is 14.4. The molecule has 0 aliphatic heterocycles.